The van der Waals surface area contributed by atoms with Crippen LogP contribution in [0.2, 0.25) is 9.88 Å². The Morgan fingerprint density at radius 2 is 1.31 bits per heavy atom. The number of hydrogen-bond acceptors (Lipinski definition) is 0. The standard InChI is InChI=1S/C10H8.2CH3.Sn/c1-3-9-7-5-6-8-10(9)4-2;;;/h1-8H;2*1H3;. The van der Waals surface area contributed by atoms with Crippen molar-refractivity contribution in [1.82, 2.24) is 0 Å². The predicted octanol–water partition coefficient (Wildman–Crippen LogP) is 3.51. The second kappa shape index (κ2) is 3.33. The molecule has 0 saturated carbocycles. The second-order valence-electron chi connectivity index (χ2n) is 4.12. The van der Waals surface area contributed by atoms with Gasteiger partial charge in [0.15, 0.2) is 0 Å². The Hall–Kier alpha value is -0.501. The molecule has 0 bridgehead atoms. The minimum absolute atomic E-state index is 1.36. The van der Waals surface area contributed by atoms with E-state index in [0.29, 0.717) is 0 Å². The third-order valence-corrected chi connectivity index (χ3v) is 8.24. The fourth-order valence-electron chi connectivity index (χ4n) is 1.48. The van der Waals surface area contributed by atoms with Crippen LogP contribution >= 0.6 is 0 Å². The summed E-state index contributed by atoms with van der Waals surface area (Å²) in [5.41, 5.74) is 2.72. The Morgan fingerprint density at radius 3 is 1.77 bits per heavy atom. The topological polar surface area (TPSA) is 0 Å². The summed E-state index contributed by atoms with van der Waals surface area (Å²) in [4.78, 5) is 4.85. The van der Waals surface area contributed by atoms with Gasteiger partial charge in [-0.15, -0.1) is 0 Å². The first-order valence-corrected chi connectivity index (χ1v) is 13.7. The van der Waals surface area contributed by atoms with Crippen LogP contribution < -0.4 is 0 Å². The summed E-state index contributed by atoms with van der Waals surface area (Å²) in [7, 11) is 0. The summed E-state index contributed by atoms with van der Waals surface area (Å²) in [5, 5.41) is 0. The van der Waals surface area contributed by atoms with Crippen LogP contribution in [-0.2, 0) is 0 Å². The molecule has 0 spiro atoms. The minimum atomic E-state index is -1.91. The zero-order valence-corrected chi connectivity index (χ0v) is 11.0. The van der Waals surface area contributed by atoms with Crippen molar-refractivity contribution in [2.24, 2.45) is 0 Å². The molecule has 13 heavy (non-hydrogen) atoms. The van der Waals surface area contributed by atoms with E-state index in [2.05, 4.69) is 54.5 Å². The number of rotatable bonds is 0. The van der Waals surface area contributed by atoms with Gasteiger partial charge in [-0.3, -0.25) is 0 Å². The molecule has 0 amide bonds. The van der Waals surface area contributed by atoms with E-state index >= 15 is 0 Å². The molecule has 0 unspecified atom stereocenters. The van der Waals surface area contributed by atoms with Crippen molar-refractivity contribution in [2.75, 3.05) is 0 Å². The molecule has 0 atom stereocenters. The first kappa shape index (κ1) is 9.07. The normalized spacial score (nSPS) is 18.0. The Morgan fingerprint density at radius 1 is 0.846 bits per heavy atom. The molecule has 1 aromatic rings. The molecule has 1 heterocycles. The second-order valence-corrected chi connectivity index (χ2v) is 16.4. The molecule has 1 heteroatoms. The van der Waals surface area contributed by atoms with Gasteiger partial charge < -0.3 is 0 Å². The van der Waals surface area contributed by atoms with Gasteiger partial charge in [-0.2, -0.15) is 0 Å². The molecule has 1 aromatic carbocycles. The molecule has 2 rings (SSSR count). The molecule has 0 saturated heterocycles. The van der Waals surface area contributed by atoms with Gasteiger partial charge in [0.1, 0.15) is 0 Å². The first-order chi connectivity index (χ1) is 6.17. The van der Waals surface area contributed by atoms with E-state index in [1.54, 1.807) is 0 Å². The van der Waals surface area contributed by atoms with Crippen LogP contribution in [0.1, 0.15) is 11.1 Å². The van der Waals surface area contributed by atoms with E-state index in [9.17, 15) is 0 Å². The van der Waals surface area contributed by atoms with Gasteiger partial charge >= 0.3 is 84.0 Å². The first-order valence-electron chi connectivity index (χ1n) is 4.65. The summed E-state index contributed by atoms with van der Waals surface area (Å²) >= 11 is -1.91. The maximum absolute atomic E-state index is 2.46. The molecule has 66 valence electrons. The van der Waals surface area contributed by atoms with Gasteiger partial charge in [-0.1, -0.05) is 0 Å². The van der Waals surface area contributed by atoms with Gasteiger partial charge in [-0.25, -0.2) is 0 Å². The van der Waals surface area contributed by atoms with Crippen molar-refractivity contribution < 1.29 is 0 Å². The van der Waals surface area contributed by atoms with Crippen molar-refractivity contribution >= 4 is 30.5 Å². The van der Waals surface area contributed by atoms with Crippen molar-refractivity contribution in [1.29, 1.82) is 0 Å². The number of benzene rings is 1. The molecular weight excluding hydrogens is 263 g/mol. The Labute approximate surface area is 83.9 Å². The number of fused-ring (bicyclic) bond motifs is 1. The fourth-order valence-corrected chi connectivity index (χ4v) is 5.27. The van der Waals surface area contributed by atoms with Gasteiger partial charge in [0.05, 0.1) is 0 Å². The van der Waals surface area contributed by atoms with Crippen LogP contribution in [0.5, 0.6) is 0 Å². The van der Waals surface area contributed by atoms with Crippen LogP contribution in [-0.4, -0.2) is 18.4 Å². The van der Waals surface area contributed by atoms with E-state index in [0.717, 1.165) is 0 Å². The SMILES string of the molecule is [CH3][Sn]1([CH3])[CH]=Cc2ccccc2C=[CH]1. The van der Waals surface area contributed by atoms with Gasteiger partial charge in [-0.05, 0) is 0 Å². The Kier molecular flexibility index (Phi) is 2.33. The van der Waals surface area contributed by atoms with Gasteiger partial charge in [0.25, 0.3) is 0 Å². The molecule has 0 N–H and O–H groups in total. The van der Waals surface area contributed by atoms with Crippen LogP contribution in [0.25, 0.3) is 12.2 Å². The van der Waals surface area contributed by atoms with E-state index in [-0.39, 0.29) is 0 Å². The average Bonchev–Trinajstić information content (AvgIpc) is 2.27. The molecule has 0 fully saturated rings. The molecule has 0 aliphatic carbocycles. The molecular formula is C12H14Sn. The van der Waals surface area contributed by atoms with Crippen LogP contribution in [0.3, 0.4) is 0 Å². The maximum atomic E-state index is 2.46. The molecule has 0 aromatic heterocycles. The Bertz CT molecular complexity index is 337. The molecule has 1 aliphatic rings. The van der Waals surface area contributed by atoms with Gasteiger partial charge in [0, 0.05) is 0 Å². The Balaban J connectivity index is 2.53. The molecule has 1 aliphatic heterocycles. The van der Waals surface area contributed by atoms with Crippen molar-refractivity contribution in [3.63, 3.8) is 0 Å². The fraction of sp³-hybridized carbons (Fsp3) is 0.167. The van der Waals surface area contributed by atoms with Crippen molar-refractivity contribution in [3.8, 4) is 0 Å². The zero-order chi connectivity index (χ0) is 9.31. The van der Waals surface area contributed by atoms with Crippen LogP contribution in [0.15, 0.2) is 32.4 Å². The third-order valence-electron chi connectivity index (χ3n) is 2.38. The van der Waals surface area contributed by atoms with E-state index in [1.165, 1.54) is 11.1 Å². The van der Waals surface area contributed by atoms with E-state index < -0.39 is 18.4 Å². The zero-order valence-electron chi connectivity index (χ0n) is 8.12. The summed E-state index contributed by atoms with van der Waals surface area (Å²) in [6, 6.07) is 8.57. The summed E-state index contributed by atoms with van der Waals surface area (Å²) in [6.07, 6.45) is 4.59. The number of hydrogen-bond donors (Lipinski definition) is 0. The summed E-state index contributed by atoms with van der Waals surface area (Å²) < 4.78 is 4.91. The third kappa shape index (κ3) is 2.05. The average molecular weight is 277 g/mol. The van der Waals surface area contributed by atoms with E-state index in [4.69, 9.17) is 0 Å². The van der Waals surface area contributed by atoms with E-state index in [1.807, 2.05) is 0 Å². The van der Waals surface area contributed by atoms with Crippen molar-refractivity contribution in [3.05, 3.63) is 43.6 Å². The predicted molar refractivity (Wildman–Crippen MR) is 62.0 cm³/mol. The van der Waals surface area contributed by atoms with Crippen molar-refractivity contribution in [2.45, 2.75) is 9.88 Å². The summed E-state index contributed by atoms with van der Waals surface area (Å²) in [6.45, 7) is 0. The van der Waals surface area contributed by atoms with Crippen LogP contribution in [0.4, 0.5) is 0 Å². The van der Waals surface area contributed by atoms with Gasteiger partial charge in [0.2, 0.25) is 0 Å². The monoisotopic (exact) mass is 278 g/mol. The van der Waals surface area contributed by atoms with Crippen LogP contribution in [0, 0.1) is 0 Å². The molecule has 0 radical (unpaired) electrons. The quantitative estimate of drug-likeness (QED) is 0.636. The summed E-state index contributed by atoms with van der Waals surface area (Å²) in [5.74, 6) is 0. The molecule has 0 nitrogen and oxygen atoms in total.